The summed E-state index contributed by atoms with van der Waals surface area (Å²) in [6, 6.07) is 9.92. The van der Waals surface area contributed by atoms with Crippen LogP contribution >= 0.6 is 0 Å². The zero-order valence-electron chi connectivity index (χ0n) is 13.9. The topological polar surface area (TPSA) is 32.3 Å². The van der Waals surface area contributed by atoms with Gasteiger partial charge in [-0.05, 0) is 49.1 Å². The number of carbonyl (C=O) groups is 1. The Balaban J connectivity index is 1.79. The fourth-order valence-electron chi connectivity index (χ4n) is 3.17. The lowest BCUT2D eigenvalue weighted by molar-refractivity contribution is -0.137. The van der Waals surface area contributed by atoms with Crippen molar-refractivity contribution in [2.75, 3.05) is 11.9 Å². The van der Waals surface area contributed by atoms with Gasteiger partial charge in [-0.2, -0.15) is 13.2 Å². The van der Waals surface area contributed by atoms with Crippen molar-refractivity contribution in [2.45, 2.75) is 31.5 Å². The number of nitrogens with zero attached hydrogens (tertiary/aromatic N) is 1. The highest BCUT2D eigenvalue weighted by Crippen LogP contribution is 2.34. The van der Waals surface area contributed by atoms with Crippen molar-refractivity contribution in [3.8, 4) is 0 Å². The second-order valence-electron chi connectivity index (χ2n) is 6.23. The van der Waals surface area contributed by atoms with Gasteiger partial charge in [-0.15, -0.1) is 0 Å². The minimum Gasteiger partial charge on any atom is -0.317 e. The molecule has 1 aliphatic heterocycles. The molecular formula is C19H18F4N2O. The first-order valence-electron chi connectivity index (χ1n) is 8.35. The molecule has 0 bridgehead atoms. The van der Waals surface area contributed by atoms with Gasteiger partial charge in [0.1, 0.15) is 5.82 Å². The molecule has 26 heavy (non-hydrogen) atoms. The van der Waals surface area contributed by atoms with Gasteiger partial charge >= 0.3 is 12.2 Å². The highest BCUT2D eigenvalue weighted by atomic mass is 19.4. The molecule has 138 valence electrons. The van der Waals surface area contributed by atoms with Gasteiger partial charge in [-0.3, -0.25) is 0 Å². The van der Waals surface area contributed by atoms with E-state index in [1.54, 1.807) is 11.0 Å². The van der Waals surface area contributed by atoms with E-state index in [9.17, 15) is 22.4 Å². The molecule has 7 heteroatoms. The van der Waals surface area contributed by atoms with Gasteiger partial charge in [0, 0.05) is 6.54 Å². The van der Waals surface area contributed by atoms with Crippen LogP contribution in [0.25, 0.3) is 0 Å². The van der Waals surface area contributed by atoms with E-state index in [4.69, 9.17) is 0 Å². The minimum absolute atomic E-state index is 0.0780. The largest absolute Gasteiger partial charge is 0.416 e. The third-order valence-electron chi connectivity index (χ3n) is 4.50. The Morgan fingerprint density at radius 3 is 2.38 bits per heavy atom. The SMILES string of the molecule is O=C(Nc1ccccc1F)N1CCCCC1c1ccc(C(F)(F)F)cc1. The summed E-state index contributed by atoms with van der Waals surface area (Å²) in [6.45, 7) is 0.464. The third-order valence-corrected chi connectivity index (χ3v) is 4.50. The molecule has 0 aliphatic carbocycles. The van der Waals surface area contributed by atoms with Gasteiger partial charge in [-0.1, -0.05) is 24.3 Å². The number of alkyl halides is 3. The van der Waals surface area contributed by atoms with Crippen LogP contribution in [0.15, 0.2) is 48.5 Å². The smallest absolute Gasteiger partial charge is 0.317 e. The zero-order valence-corrected chi connectivity index (χ0v) is 13.9. The van der Waals surface area contributed by atoms with E-state index < -0.39 is 23.6 Å². The average Bonchev–Trinajstić information content (AvgIpc) is 2.63. The summed E-state index contributed by atoms with van der Waals surface area (Å²) in [5.74, 6) is -0.538. The van der Waals surface area contributed by atoms with Gasteiger partial charge in [0.15, 0.2) is 0 Å². The lowest BCUT2D eigenvalue weighted by Crippen LogP contribution is -2.41. The number of anilines is 1. The molecule has 0 spiro atoms. The molecule has 1 saturated heterocycles. The van der Waals surface area contributed by atoms with E-state index >= 15 is 0 Å². The molecule has 2 amide bonds. The van der Waals surface area contributed by atoms with Crippen molar-refractivity contribution < 1.29 is 22.4 Å². The van der Waals surface area contributed by atoms with E-state index in [-0.39, 0.29) is 11.7 Å². The summed E-state index contributed by atoms with van der Waals surface area (Å²) in [6.07, 6.45) is -2.08. The standard InChI is InChI=1S/C19H18F4N2O/c20-15-5-1-2-6-16(15)24-18(26)25-12-4-3-7-17(25)13-8-10-14(11-9-13)19(21,22)23/h1-2,5-6,8-11,17H,3-4,7,12H2,(H,24,26). The number of benzene rings is 2. The number of likely N-dealkylation sites (tertiary alicyclic amines) is 1. The van der Waals surface area contributed by atoms with Gasteiger partial charge < -0.3 is 10.2 Å². The molecule has 1 heterocycles. The number of urea groups is 1. The second-order valence-corrected chi connectivity index (χ2v) is 6.23. The van der Waals surface area contributed by atoms with Crippen LogP contribution in [0, 0.1) is 5.82 Å². The fourth-order valence-corrected chi connectivity index (χ4v) is 3.17. The number of carbonyl (C=O) groups excluding carboxylic acids is 1. The number of hydrogen-bond donors (Lipinski definition) is 1. The molecule has 1 fully saturated rings. The van der Waals surface area contributed by atoms with Crippen molar-refractivity contribution in [1.29, 1.82) is 0 Å². The van der Waals surface area contributed by atoms with Gasteiger partial charge in [0.2, 0.25) is 0 Å². The predicted molar refractivity (Wildman–Crippen MR) is 90.2 cm³/mol. The molecule has 3 rings (SSSR count). The van der Waals surface area contributed by atoms with Crippen molar-refractivity contribution in [3.63, 3.8) is 0 Å². The quantitative estimate of drug-likeness (QED) is 0.689. The lowest BCUT2D eigenvalue weighted by atomic mass is 9.95. The van der Waals surface area contributed by atoms with Crippen LogP contribution < -0.4 is 5.32 Å². The van der Waals surface area contributed by atoms with E-state index in [0.717, 1.165) is 25.0 Å². The summed E-state index contributed by atoms with van der Waals surface area (Å²) in [5.41, 5.74) is -0.00459. The monoisotopic (exact) mass is 366 g/mol. The predicted octanol–water partition coefficient (Wildman–Crippen LogP) is 5.60. The second kappa shape index (κ2) is 7.35. The molecule has 2 aromatic carbocycles. The van der Waals surface area contributed by atoms with Crippen molar-refractivity contribution in [1.82, 2.24) is 4.90 Å². The number of hydrogen-bond acceptors (Lipinski definition) is 1. The van der Waals surface area contributed by atoms with Crippen LogP contribution in [-0.4, -0.2) is 17.5 Å². The molecule has 0 aromatic heterocycles. The Morgan fingerprint density at radius 2 is 1.73 bits per heavy atom. The van der Waals surface area contributed by atoms with Crippen LogP contribution in [0.4, 0.5) is 28.0 Å². The fraction of sp³-hybridized carbons (Fsp3) is 0.316. The third kappa shape index (κ3) is 3.98. The van der Waals surface area contributed by atoms with Crippen molar-refractivity contribution in [3.05, 3.63) is 65.5 Å². The summed E-state index contributed by atoms with van der Waals surface area (Å²) < 4.78 is 52.0. The molecule has 1 unspecified atom stereocenters. The Labute approximate surface area is 148 Å². The average molecular weight is 366 g/mol. The molecular weight excluding hydrogens is 348 g/mol. The summed E-state index contributed by atoms with van der Waals surface area (Å²) >= 11 is 0. The van der Waals surface area contributed by atoms with Crippen molar-refractivity contribution in [2.24, 2.45) is 0 Å². The van der Waals surface area contributed by atoms with E-state index in [2.05, 4.69) is 5.32 Å². The molecule has 1 atom stereocenters. The molecule has 0 radical (unpaired) electrons. The highest BCUT2D eigenvalue weighted by molar-refractivity contribution is 5.89. The van der Waals surface area contributed by atoms with Crippen LogP contribution in [0.5, 0.6) is 0 Å². The van der Waals surface area contributed by atoms with E-state index in [1.807, 2.05) is 0 Å². The number of halogens is 4. The maximum absolute atomic E-state index is 13.8. The Bertz CT molecular complexity index is 774. The maximum Gasteiger partial charge on any atom is 0.416 e. The maximum atomic E-state index is 13.8. The molecule has 2 aromatic rings. The number of para-hydroxylation sites is 1. The minimum atomic E-state index is -4.40. The highest BCUT2D eigenvalue weighted by Gasteiger charge is 2.32. The van der Waals surface area contributed by atoms with Crippen LogP contribution in [0.1, 0.15) is 36.4 Å². The number of nitrogens with one attached hydrogen (secondary N) is 1. The Kier molecular flexibility index (Phi) is 5.15. The summed E-state index contributed by atoms with van der Waals surface area (Å²) in [4.78, 5) is 14.2. The van der Waals surface area contributed by atoms with Gasteiger partial charge in [0.05, 0.1) is 17.3 Å². The molecule has 0 saturated carbocycles. The Hall–Kier alpha value is -2.57. The molecule has 1 N–H and O–H groups in total. The zero-order chi connectivity index (χ0) is 18.7. The Morgan fingerprint density at radius 1 is 1.04 bits per heavy atom. The number of piperidine rings is 1. The van der Waals surface area contributed by atoms with Crippen molar-refractivity contribution >= 4 is 11.7 Å². The van der Waals surface area contributed by atoms with Crippen LogP contribution in [0.3, 0.4) is 0 Å². The number of amides is 2. The summed E-state index contributed by atoms with van der Waals surface area (Å²) in [5, 5.41) is 2.55. The lowest BCUT2D eigenvalue weighted by Gasteiger charge is -2.36. The van der Waals surface area contributed by atoms with Crippen LogP contribution in [0.2, 0.25) is 0 Å². The first kappa shape index (κ1) is 18.2. The molecule has 1 aliphatic rings. The van der Waals surface area contributed by atoms with Gasteiger partial charge in [-0.25, -0.2) is 9.18 Å². The van der Waals surface area contributed by atoms with E-state index in [1.165, 1.54) is 30.3 Å². The first-order chi connectivity index (χ1) is 12.4. The normalized spacial score (nSPS) is 17.8. The van der Waals surface area contributed by atoms with Crippen LogP contribution in [-0.2, 0) is 6.18 Å². The van der Waals surface area contributed by atoms with Gasteiger partial charge in [0.25, 0.3) is 0 Å². The van der Waals surface area contributed by atoms with E-state index in [0.29, 0.717) is 18.5 Å². The first-order valence-corrected chi connectivity index (χ1v) is 8.35. The molecule has 3 nitrogen and oxygen atoms in total. The number of rotatable bonds is 2. The summed E-state index contributed by atoms with van der Waals surface area (Å²) in [7, 11) is 0.